The highest BCUT2D eigenvalue weighted by Gasteiger charge is 2.37. The minimum atomic E-state index is -5.00. The molecule has 2 aromatic carbocycles. The average Bonchev–Trinajstić information content (AvgIpc) is 2.72. The van der Waals surface area contributed by atoms with Gasteiger partial charge in [-0.2, -0.15) is 26.3 Å². The van der Waals surface area contributed by atoms with Crippen LogP contribution in [0.15, 0.2) is 47.5 Å². The lowest BCUT2D eigenvalue weighted by Crippen LogP contribution is -2.24. The standard InChI is InChI=1S/C19H12F6N4O3S/c1-9(15(30)26-14-7-6-10(29(31)32)8-12(14)18(20,21)22)33-16-11-4-2-3-5-13(11)27-17(28-16)19(23,24)25/h2-9H,1H3,(H,26,30)/t9-/m0/s1. The van der Waals surface area contributed by atoms with Crippen molar-refractivity contribution in [3.05, 3.63) is 64.0 Å². The molecule has 1 heterocycles. The van der Waals surface area contributed by atoms with Crippen LogP contribution in [0.3, 0.4) is 0 Å². The molecule has 3 rings (SSSR count). The number of hydrogen-bond acceptors (Lipinski definition) is 6. The molecule has 0 aliphatic rings. The molecule has 1 N–H and O–H groups in total. The van der Waals surface area contributed by atoms with E-state index < -0.39 is 51.2 Å². The van der Waals surface area contributed by atoms with Crippen molar-refractivity contribution < 1.29 is 36.1 Å². The van der Waals surface area contributed by atoms with Gasteiger partial charge in [0.05, 0.1) is 26.9 Å². The van der Waals surface area contributed by atoms with Crippen molar-refractivity contribution in [3.8, 4) is 0 Å². The second-order valence-electron chi connectivity index (χ2n) is 6.60. The van der Waals surface area contributed by atoms with Gasteiger partial charge in [-0.1, -0.05) is 30.0 Å². The number of fused-ring (bicyclic) bond motifs is 1. The van der Waals surface area contributed by atoms with E-state index in [1.165, 1.54) is 31.2 Å². The third kappa shape index (κ3) is 5.50. The minimum Gasteiger partial charge on any atom is -0.325 e. The van der Waals surface area contributed by atoms with Gasteiger partial charge in [-0.3, -0.25) is 14.9 Å². The molecule has 0 radical (unpaired) electrons. The SMILES string of the molecule is C[C@H](Sc1nc(C(F)(F)F)nc2ccccc12)C(=O)Nc1ccc([N+](=O)[O-])cc1C(F)(F)F. The fraction of sp³-hybridized carbons (Fsp3) is 0.211. The number of nitro groups is 1. The predicted molar refractivity (Wildman–Crippen MR) is 107 cm³/mol. The molecule has 0 aliphatic heterocycles. The second kappa shape index (κ2) is 8.84. The average molecular weight is 490 g/mol. The van der Waals surface area contributed by atoms with E-state index in [-0.39, 0.29) is 22.0 Å². The van der Waals surface area contributed by atoms with Gasteiger partial charge in [0.2, 0.25) is 11.7 Å². The number of nitrogens with one attached hydrogen (secondary N) is 1. The molecule has 174 valence electrons. The van der Waals surface area contributed by atoms with Gasteiger partial charge in [0.25, 0.3) is 5.69 Å². The lowest BCUT2D eigenvalue weighted by Gasteiger charge is -2.17. The molecule has 3 aromatic rings. The zero-order valence-electron chi connectivity index (χ0n) is 16.4. The summed E-state index contributed by atoms with van der Waals surface area (Å²) in [4.78, 5) is 29.2. The minimum absolute atomic E-state index is 0.0235. The number of anilines is 1. The number of amides is 1. The number of halogens is 6. The molecular formula is C19H12F6N4O3S. The normalized spacial score (nSPS) is 13.1. The fourth-order valence-electron chi connectivity index (χ4n) is 2.71. The fourth-order valence-corrected chi connectivity index (χ4v) is 3.65. The number of aromatic nitrogens is 2. The van der Waals surface area contributed by atoms with Crippen LogP contribution in [0.1, 0.15) is 18.3 Å². The Hall–Kier alpha value is -3.42. The molecule has 1 aromatic heterocycles. The molecule has 1 amide bonds. The van der Waals surface area contributed by atoms with Crippen LogP contribution in [0.2, 0.25) is 0 Å². The predicted octanol–water partition coefficient (Wildman–Crippen LogP) is 5.69. The van der Waals surface area contributed by atoms with Crippen molar-refractivity contribution in [1.29, 1.82) is 0 Å². The van der Waals surface area contributed by atoms with Crippen molar-refractivity contribution >= 4 is 39.9 Å². The molecule has 1 atom stereocenters. The van der Waals surface area contributed by atoms with Crippen molar-refractivity contribution in [1.82, 2.24) is 9.97 Å². The smallest absolute Gasteiger partial charge is 0.325 e. The quantitative estimate of drug-likeness (QED) is 0.162. The highest BCUT2D eigenvalue weighted by Crippen LogP contribution is 2.38. The summed E-state index contributed by atoms with van der Waals surface area (Å²) in [5.74, 6) is -2.40. The second-order valence-corrected chi connectivity index (χ2v) is 7.93. The number of nitrogens with zero attached hydrogens (tertiary/aromatic N) is 3. The van der Waals surface area contributed by atoms with Gasteiger partial charge in [-0.25, -0.2) is 9.97 Å². The van der Waals surface area contributed by atoms with Crippen LogP contribution >= 0.6 is 11.8 Å². The molecule has 33 heavy (non-hydrogen) atoms. The molecule has 0 saturated heterocycles. The molecule has 0 fully saturated rings. The third-order valence-corrected chi connectivity index (χ3v) is 5.36. The van der Waals surface area contributed by atoms with Gasteiger partial charge >= 0.3 is 12.4 Å². The van der Waals surface area contributed by atoms with E-state index in [4.69, 9.17) is 0 Å². The summed E-state index contributed by atoms with van der Waals surface area (Å²) < 4.78 is 79.4. The van der Waals surface area contributed by atoms with Crippen molar-refractivity contribution in [3.63, 3.8) is 0 Å². The Morgan fingerprint density at radius 1 is 1.06 bits per heavy atom. The Bertz CT molecular complexity index is 1230. The lowest BCUT2D eigenvalue weighted by molar-refractivity contribution is -0.385. The summed E-state index contributed by atoms with van der Waals surface area (Å²) in [5.41, 5.74) is -3.01. The van der Waals surface area contributed by atoms with Crippen LogP contribution in [0.5, 0.6) is 0 Å². The molecule has 0 saturated carbocycles. The molecule has 14 heteroatoms. The van der Waals surface area contributed by atoms with E-state index >= 15 is 0 Å². The van der Waals surface area contributed by atoms with Gasteiger partial charge in [0.15, 0.2) is 0 Å². The maximum absolute atomic E-state index is 13.3. The first-order chi connectivity index (χ1) is 15.3. The van der Waals surface area contributed by atoms with Gasteiger partial charge in [0.1, 0.15) is 5.03 Å². The lowest BCUT2D eigenvalue weighted by atomic mass is 10.1. The number of carbonyl (C=O) groups is 1. The molecular weight excluding hydrogens is 478 g/mol. The summed E-state index contributed by atoms with van der Waals surface area (Å²) >= 11 is 0.599. The van der Waals surface area contributed by atoms with E-state index in [0.717, 1.165) is 12.1 Å². The van der Waals surface area contributed by atoms with E-state index in [1.54, 1.807) is 0 Å². The van der Waals surface area contributed by atoms with Crippen molar-refractivity contribution in [2.75, 3.05) is 5.32 Å². The van der Waals surface area contributed by atoms with Crippen LogP contribution in [-0.2, 0) is 17.1 Å². The Balaban J connectivity index is 1.91. The topological polar surface area (TPSA) is 98.0 Å². The first-order valence-corrected chi connectivity index (χ1v) is 9.82. The summed E-state index contributed by atoms with van der Waals surface area (Å²) in [5, 5.41) is 11.7. The zero-order valence-corrected chi connectivity index (χ0v) is 17.2. The van der Waals surface area contributed by atoms with Crippen molar-refractivity contribution in [2.45, 2.75) is 29.6 Å². The number of hydrogen-bond donors (Lipinski definition) is 1. The first-order valence-electron chi connectivity index (χ1n) is 8.94. The molecule has 0 spiro atoms. The number of thioether (sulfide) groups is 1. The Morgan fingerprint density at radius 2 is 1.73 bits per heavy atom. The van der Waals surface area contributed by atoms with Gasteiger partial charge in [-0.05, 0) is 19.1 Å². The van der Waals surface area contributed by atoms with Gasteiger partial charge < -0.3 is 5.32 Å². The van der Waals surface area contributed by atoms with Crippen LogP contribution < -0.4 is 5.32 Å². The van der Waals surface area contributed by atoms with E-state index in [2.05, 4.69) is 9.97 Å². The molecule has 0 unspecified atom stereocenters. The maximum Gasteiger partial charge on any atom is 0.451 e. The first kappa shape index (κ1) is 24.2. The third-order valence-electron chi connectivity index (χ3n) is 4.26. The van der Waals surface area contributed by atoms with Gasteiger partial charge in [-0.15, -0.1) is 0 Å². The van der Waals surface area contributed by atoms with E-state index in [9.17, 15) is 41.3 Å². The zero-order chi connectivity index (χ0) is 24.6. The number of carbonyl (C=O) groups excluding carboxylic acids is 1. The summed E-state index contributed by atoms with van der Waals surface area (Å²) in [6.45, 7) is 1.27. The van der Waals surface area contributed by atoms with Crippen LogP contribution in [0.25, 0.3) is 10.9 Å². The number of alkyl halides is 6. The number of para-hydroxylation sites is 1. The van der Waals surface area contributed by atoms with E-state index in [0.29, 0.717) is 11.8 Å². The van der Waals surface area contributed by atoms with Crippen molar-refractivity contribution in [2.24, 2.45) is 0 Å². The number of nitro benzene ring substituents is 1. The largest absolute Gasteiger partial charge is 0.451 e. The van der Waals surface area contributed by atoms with E-state index in [1.807, 2.05) is 5.32 Å². The molecule has 7 nitrogen and oxygen atoms in total. The Labute approximate surface area is 185 Å². The molecule has 0 aliphatic carbocycles. The highest BCUT2D eigenvalue weighted by molar-refractivity contribution is 8.00. The van der Waals surface area contributed by atoms with Gasteiger partial charge in [0, 0.05) is 17.5 Å². The number of rotatable bonds is 5. The summed E-state index contributed by atoms with van der Waals surface area (Å²) in [6, 6.07) is 7.57. The van der Waals surface area contributed by atoms with Crippen LogP contribution in [0, 0.1) is 10.1 Å². The highest BCUT2D eigenvalue weighted by atomic mass is 32.2. The summed E-state index contributed by atoms with van der Waals surface area (Å²) in [7, 11) is 0. The van der Waals surface area contributed by atoms with Crippen LogP contribution in [0.4, 0.5) is 37.7 Å². The number of non-ortho nitro benzene ring substituents is 1. The van der Waals surface area contributed by atoms with Crippen LogP contribution in [-0.4, -0.2) is 26.0 Å². The molecule has 0 bridgehead atoms. The maximum atomic E-state index is 13.3. The monoisotopic (exact) mass is 490 g/mol. The summed E-state index contributed by atoms with van der Waals surface area (Å²) in [6.07, 6.45) is -9.86. The number of benzene rings is 2. The Morgan fingerprint density at radius 3 is 2.33 bits per heavy atom. The Kier molecular flexibility index (Phi) is 6.49.